The molecule has 2 rings (SSSR count). The molecule has 1 aliphatic heterocycles. The molecular weight excluding hydrogens is 238 g/mol. The molecule has 17 heavy (non-hydrogen) atoms. The van der Waals surface area contributed by atoms with Gasteiger partial charge in [-0.05, 0) is 13.3 Å². The van der Waals surface area contributed by atoms with Crippen LogP contribution in [0.15, 0.2) is 6.20 Å². The van der Waals surface area contributed by atoms with Gasteiger partial charge in [0.05, 0.1) is 12.7 Å². The Hall–Kier alpha value is -0.980. The van der Waals surface area contributed by atoms with Crippen LogP contribution in [0.2, 0.25) is 0 Å². The molecule has 0 radical (unpaired) electrons. The maximum Gasteiger partial charge on any atom is 0.245 e. The second kappa shape index (κ2) is 5.57. The van der Waals surface area contributed by atoms with Crippen molar-refractivity contribution in [2.75, 3.05) is 18.5 Å². The molecule has 0 aliphatic carbocycles. The lowest BCUT2D eigenvalue weighted by Crippen LogP contribution is -2.53. The van der Waals surface area contributed by atoms with Crippen LogP contribution >= 0.6 is 11.3 Å². The average Bonchev–Trinajstić information content (AvgIpc) is 2.77. The van der Waals surface area contributed by atoms with Crippen molar-refractivity contribution in [1.29, 1.82) is 0 Å². The third-order valence-electron chi connectivity index (χ3n) is 2.73. The van der Waals surface area contributed by atoms with Crippen LogP contribution in [-0.2, 0) is 16.0 Å². The summed E-state index contributed by atoms with van der Waals surface area (Å²) in [6.45, 7) is 5.33. The van der Waals surface area contributed by atoms with E-state index in [1.807, 2.05) is 6.92 Å². The van der Waals surface area contributed by atoms with Crippen molar-refractivity contribution in [3.05, 3.63) is 11.1 Å². The fourth-order valence-electron chi connectivity index (χ4n) is 1.74. The summed E-state index contributed by atoms with van der Waals surface area (Å²) < 4.78 is 5.44. The molecule has 6 heteroatoms. The van der Waals surface area contributed by atoms with Crippen molar-refractivity contribution in [2.45, 2.75) is 32.4 Å². The molecule has 1 aromatic heterocycles. The zero-order valence-electron chi connectivity index (χ0n) is 10.0. The van der Waals surface area contributed by atoms with Crippen LogP contribution in [0.1, 0.15) is 18.7 Å². The summed E-state index contributed by atoms with van der Waals surface area (Å²) >= 11 is 1.51. The summed E-state index contributed by atoms with van der Waals surface area (Å²) in [5.74, 6) is -0.0748. The van der Waals surface area contributed by atoms with Crippen LogP contribution < -0.4 is 10.6 Å². The maximum atomic E-state index is 12.0. The first kappa shape index (κ1) is 12.5. The van der Waals surface area contributed by atoms with Crippen molar-refractivity contribution >= 4 is 22.4 Å². The molecule has 1 amide bonds. The summed E-state index contributed by atoms with van der Waals surface area (Å²) in [5.41, 5.74) is 0. The molecule has 0 spiro atoms. The summed E-state index contributed by atoms with van der Waals surface area (Å²) in [6.07, 6.45) is 2.64. The second-order valence-electron chi connectivity index (χ2n) is 3.98. The van der Waals surface area contributed by atoms with Gasteiger partial charge in [-0.2, -0.15) is 0 Å². The maximum absolute atomic E-state index is 12.0. The van der Waals surface area contributed by atoms with E-state index in [0.29, 0.717) is 18.3 Å². The normalized spacial score (nSPS) is 24.6. The monoisotopic (exact) mass is 255 g/mol. The largest absolute Gasteiger partial charge is 0.375 e. The van der Waals surface area contributed by atoms with E-state index in [4.69, 9.17) is 4.74 Å². The molecule has 2 heterocycles. The van der Waals surface area contributed by atoms with Crippen LogP contribution in [-0.4, -0.2) is 36.2 Å². The number of anilines is 1. The lowest BCUT2D eigenvalue weighted by molar-refractivity contribution is -0.123. The van der Waals surface area contributed by atoms with E-state index in [1.165, 1.54) is 16.2 Å². The summed E-state index contributed by atoms with van der Waals surface area (Å²) in [6, 6.07) is -0.294. The molecule has 1 fully saturated rings. The van der Waals surface area contributed by atoms with Gasteiger partial charge in [-0.25, -0.2) is 4.98 Å². The van der Waals surface area contributed by atoms with Gasteiger partial charge in [-0.3, -0.25) is 4.79 Å². The summed E-state index contributed by atoms with van der Waals surface area (Å²) in [5, 5.41) is 6.63. The number of amides is 1. The van der Waals surface area contributed by atoms with Crippen molar-refractivity contribution in [3.8, 4) is 0 Å². The number of aromatic nitrogens is 1. The first-order chi connectivity index (χ1) is 8.20. The van der Waals surface area contributed by atoms with Crippen molar-refractivity contribution in [2.24, 2.45) is 0 Å². The van der Waals surface area contributed by atoms with Crippen LogP contribution in [0.5, 0.6) is 0 Å². The van der Waals surface area contributed by atoms with Gasteiger partial charge in [-0.1, -0.05) is 6.92 Å². The number of hydrogen-bond donors (Lipinski definition) is 2. The lowest BCUT2D eigenvalue weighted by Gasteiger charge is -2.28. The van der Waals surface area contributed by atoms with E-state index in [-0.39, 0.29) is 18.1 Å². The van der Waals surface area contributed by atoms with Crippen LogP contribution in [0.3, 0.4) is 0 Å². The van der Waals surface area contributed by atoms with Gasteiger partial charge >= 0.3 is 0 Å². The van der Waals surface area contributed by atoms with E-state index in [1.54, 1.807) is 6.20 Å². The number of nitrogens with one attached hydrogen (secondary N) is 2. The first-order valence-electron chi connectivity index (χ1n) is 5.81. The number of rotatable bonds is 3. The molecule has 0 bridgehead atoms. The van der Waals surface area contributed by atoms with Crippen molar-refractivity contribution in [1.82, 2.24) is 10.3 Å². The second-order valence-corrected chi connectivity index (χ2v) is 5.10. The van der Waals surface area contributed by atoms with Gasteiger partial charge in [0.15, 0.2) is 5.13 Å². The number of thiazole rings is 1. The van der Waals surface area contributed by atoms with Gasteiger partial charge < -0.3 is 15.4 Å². The number of nitrogens with zero attached hydrogens (tertiary/aromatic N) is 1. The number of aryl methyl sites for hydroxylation is 1. The standard InChI is InChI=1S/C11H17N3O2S/c1-3-8-6-13-11(17-8)14-10(15)9-7(2)16-5-4-12-9/h6-7,9,12H,3-5H2,1-2H3,(H,13,14,15)/t7-,9+/m1/s1. The Morgan fingerprint density at radius 3 is 3.24 bits per heavy atom. The minimum absolute atomic E-state index is 0.0748. The molecule has 1 saturated heterocycles. The highest BCUT2D eigenvalue weighted by Gasteiger charge is 2.28. The highest BCUT2D eigenvalue weighted by atomic mass is 32.1. The first-order valence-corrected chi connectivity index (χ1v) is 6.63. The Balaban J connectivity index is 1.95. The van der Waals surface area contributed by atoms with E-state index >= 15 is 0 Å². The Labute approximate surface area is 105 Å². The van der Waals surface area contributed by atoms with E-state index in [9.17, 15) is 4.79 Å². The van der Waals surface area contributed by atoms with E-state index in [2.05, 4.69) is 22.5 Å². The molecule has 1 aromatic rings. The van der Waals surface area contributed by atoms with Crippen molar-refractivity contribution in [3.63, 3.8) is 0 Å². The lowest BCUT2D eigenvalue weighted by atomic mass is 10.1. The Morgan fingerprint density at radius 2 is 2.59 bits per heavy atom. The van der Waals surface area contributed by atoms with Crippen LogP contribution in [0.25, 0.3) is 0 Å². The number of carbonyl (C=O) groups is 1. The zero-order chi connectivity index (χ0) is 12.3. The Bertz CT molecular complexity index is 394. The molecular formula is C11H17N3O2S. The van der Waals surface area contributed by atoms with Crippen LogP contribution in [0.4, 0.5) is 5.13 Å². The topological polar surface area (TPSA) is 63.2 Å². The fourth-order valence-corrected chi connectivity index (χ4v) is 2.49. The van der Waals surface area contributed by atoms with Gasteiger partial charge in [-0.15, -0.1) is 11.3 Å². The molecule has 0 saturated carbocycles. The third kappa shape index (κ3) is 3.02. The highest BCUT2D eigenvalue weighted by Crippen LogP contribution is 2.19. The van der Waals surface area contributed by atoms with Gasteiger partial charge in [0.25, 0.3) is 0 Å². The number of hydrogen-bond acceptors (Lipinski definition) is 5. The van der Waals surface area contributed by atoms with Crippen molar-refractivity contribution < 1.29 is 9.53 Å². The number of carbonyl (C=O) groups excluding carboxylic acids is 1. The van der Waals surface area contributed by atoms with Gasteiger partial charge in [0.2, 0.25) is 5.91 Å². The SMILES string of the molecule is CCc1cnc(NC(=O)[C@H]2NCCO[C@@H]2C)s1. The molecule has 94 valence electrons. The highest BCUT2D eigenvalue weighted by molar-refractivity contribution is 7.15. The minimum Gasteiger partial charge on any atom is -0.375 e. The predicted molar refractivity (Wildman–Crippen MR) is 67.3 cm³/mol. The molecule has 5 nitrogen and oxygen atoms in total. The zero-order valence-corrected chi connectivity index (χ0v) is 10.8. The fraction of sp³-hybridized carbons (Fsp3) is 0.636. The Kier molecular flexibility index (Phi) is 4.09. The van der Waals surface area contributed by atoms with Gasteiger partial charge in [0, 0.05) is 17.6 Å². The number of morpholine rings is 1. The minimum atomic E-state index is -0.294. The summed E-state index contributed by atoms with van der Waals surface area (Å²) in [4.78, 5) is 17.3. The molecule has 2 N–H and O–H groups in total. The summed E-state index contributed by atoms with van der Waals surface area (Å²) in [7, 11) is 0. The molecule has 0 aromatic carbocycles. The quantitative estimate of drug-likeness (QED) is 0.846. The van der Waals surface area contributed by atoms with Crippen LogP contribution in [0, 0.1) is 0 Å². The van der Waals surface area contributed by atoms with E-state index in [0.717, 1.165) is 6.42 Å². The third-order valence-corrected chi connectivity index (χ3v) is 3.79. The predicted octanol–water partition coefficient (Wildman–Crippen LogP) is 1.02. The van der Waals surface area contributed by atoms with Gasteiger partial charge in [0.1, 0.15) is 6.04 Å². The molecule has 0 unspecified atom stereocenters. The van der Waals surface area contributed by atoms with E-state index < -0.39 is 0 Å². The Morgan fingerprint density at radius 1 is 1.76 bits per heavy atom. The molecule has 1 aliphatic rings. The molecule has 2 atom stereocenters. The number of ether oxygens (including phenoxy) is 1. The average molecular weight is 255 g/mol. The smallest absolute Gasteiger partial charge is 0.245 e.